The van der Waals surface area contributed by atoms with Crippen LogP contribution in [0.15, 0.2) is 48.7 Å². The van der Waals surface area contributed by atoms with Gasteiger partial charge in [0.15, 0.2) is 0 Å². The van der Waals surface area contributed by atoms with Crippen LogP contribution in [0.2, 0.25) is 0 Å². The van der Waals surface area contributed by atoms with Crippen molar-refractivity contribution in [2.24, 2.45) is 0 Å². The number of nitrogens with zero attached hydrogens (tertiary/aromatic N) is 2. The lowest BCUT2D eigenvalue weighted by molar-refractivity contribution is 0.415. The molecule has 4 rings (SSSR count). The van der Waals surface area contributed by atoms with E-state index in [1.54, 1.807) is 7.11 Å². The summed E-state index contributed by atoms with van der Waals surface area (Å²) >= 11 is 0. The molecule has 4 heteroatoms. The van der Waals surface area contributed by atoms with Crippen LogP contribution in [0, 0.1) is 0 Å². The minimum Gasteiger partial charge on any atom is -0.497 e. The third-order valence-electron chi connectivity index (χ3n) is 4.59. The first-order valence-electron chi connectivity index (χ1n) is 8.23. The second kappa shape index (κ2) is 5.95. The Balaban J connectivity index is 1.79. The van der Waals surface area contributed by atoms with Crippen molar-refractivity contribution in [3.05, 3.63) is 48.7 Å². The van der Waals surface area contributed by atoms with Gasteiger partial charge < -0.3 is 10.1 Å². The molecule has 0 saturated heterocycles. The second-order valence-corrected chi connectivity index (χ2v) is 6.09. The molecule has 1 N–H and O–H groups in total. The highest BCUT2D eigenvalue weighted by molar-refractivity contribution is 5.77. The number of hydrogen-bond acceptors (Lipinski definition) is 3. The van der Waals surface area contributed by atoms with Gasteiger partial charge in [0, 0.05) is 17.8 Å². The Morgan fingerprint density at radius 3 is 2.61 bits per heavy atom. The van der Waals surface area contributed by atoms with Crippen LogP contribution < -0.4 is 10.1 Å². The summed E-state index contributed by atoms with van der Waals surface area (Å²) in [5.74, 6) is 1.96. The van der Waals surface area contributed by atoms with Gasteiger partial charge in [-0.05, 0) is 49.2 Å². The van der Waals surface area contributed by atoms with Gasteiger partial charge in [0.2, 0.25) is 0 Å². The van der Waals surface area contributed by atoms with Crippen LogP contribution in [-0.2, 0) is 0 Å². The van der Waals surface area contributed by atoms with Crippen LogP contribution in [0.3, 0.4) is 0 Å². The molecule has 1 saturated carbocycles. The van der Waals surface area contributed by atoms with Crippen molar-refractivity contribution < 1.29 is 4.74 Å². The Morgan fingerprint density at radius 2 is 1.87 bits per heavy atom. The standard InChI is InChI=1S/C19H21N3O/c1-23-16-11-9-14(10-12-16)18-19(20-15-6-2-3-7-15)22-13-5-4-8-17(22)21-18/h4-5,8-13,15,20H,2-3,6-7H2,1H3. The fourth-order valence-corrected chi connectivity index (χ4v) is 3.35. The average molecular weight is 307 g/mol. The molecule has 3 aromatic rings. The van der Waals surface area contributed by atoms with Crippen LogP contribution in [0.4, 0.5) is 5.82 Å². The number of methoxy groups -OCH3 is 1. The van der Waals surface area contributed by atoms with E-state index in [1.165, 1.54) is 25.7 Å². The maximum atomic E-state index is 5.26. The topological polar surface area (TPSA) is 38.6 Å². The van der Waals surface area contributed by atoms with Gasteiger partial charge in [-0.25, -0.2) is 4.98 Å². The minimum atomic E-state index is 0.548. The minimum absolute atomic E-state index is 0.548. The van der Waals surface area contributed by atoms with Gasteiger partial charge >= 0.3 is 0 Å². The van der Waals surface area contributed by atoms with Crippen molar-refractivity contribution in [1.82, 2.24) is 9.38 Å². The van der Waals surface area contributed by atoms with E-state index in [1.807, 2.05) is 30.3 Å². The molecule has 1 aliphatic rings. The smallest absolute Gasteiger partial charge is 0.139 e. The van der Waals surface area contributed by atoms with E-state index < -0.39 is 0 Å². The van der Waals surface area contributed by atoms with E-state index in [-0.39, 0.29) is 0 Å². The van der Waals surface area contributed by atoms with Crippen LogP contribution in [0.25, 0.3) is 16.9 Å². The first-order valence-corrected chi connectivity index (χ1v) is 8.23. The van der Waals surface area contributed by atoms with Crippen LogP contribution in [0.5, 0.6) is 5.75 Å². The molecule has 23 heavy (non-hydrogen) atoms. The summed E-state index contributed by atoms with van der Waals surface area (Å²) in [5, 5.41) is 3.73. The molecule has 0 aliphatic heterocycles. The van der Waals surface area contributed by atoms with Gasteiger partial charge in [0.1, 0.15) is 22.9 Å². The molecule has 0 atom stereocenters. The number of ether oxygens (including phenoxy) is 1. The van der Waals surface area contributed by atoms with Crippen molar-refractivity contribution in [2.45, 2.75) is 31.7 Å². The highest BCUT2D eigenvalue weighted by Crippen LogP contribution is 2.32. The molecule has 0 bridgehead atoms. The van der Waals surface area contributed by atoms with Gasteiger partial charge in [-0.2, -0.15) is 0 Å². The molecule has 118 valence electrons. The molecule has 2 heterocycles. The fourth-order valence-electron chi connectivity index (χ4n) is 3.35. The Bertz CT molecular complexity index is 801. The average Bonchev–Trinajstić information content (AvgIpc) is 3.24. The van der Waals surface area contributed by atoms with Crippen molar-refractivity contribution in [1.29, 1.82) is 0 Å². The summed E-state index contributed by atoms with van der Waals surface area (Å²) < 4.78 is 7.41. The molecule has 4 nitrogen and oxygen atoms in total. The Labute approximate surface area is 136 Å². The predicted molar refractivity (Wildman–Crippen MR) is 93.1 cm³/mol. The normalized spacial score (nSPS) is 15.2. The molecule has 2 aromatic heterocycles. The Morgan fingerprint density at radius 1 is 1.09 bits per heavy atom. The van der Waals surface area contributed by atoms with E-state index in [4.69, 9.17) is 9.72 Å². The van der Waals surface area contributed by atoms with Gasteiger partial charge in [0.05, 0.1) is 7.11 Å². The lowest BCUT2D eigenvalue weighted by Gasteiger charge is -2.15. The summed E-state index contributed by atoms with van der Waals surface area (Å²) in [7, 11) is 1.69. The lowest BCUT2D eigenvalue weighted by Crippen LogP contribution is -2.16. The molecule has 1 aromatic carbocycles. The van der Waals surface area contributed by atoms with Gasteiger partial charge in [0.25, 0.3) is 0 Å². The summed E-state index contributed by atoms with van der Waals surface area (Å²) in [6.45, 7) is 0. The van der Waals surface area contributed by atoms with Crippen molar-refractivity contribution in [3.8, 4) is 17.0 Å². The molecular formula is C19H21N3O. The number of rotatable bonds is 4. The number of imidazole rings is 1. The van der Waals surface area contributed by atoms with Crippen molar-refractivity contribution >= 4 is 11.5 Å². The zero-order valence-corrected chi connectivity index (χ0v) is 13.3. The first-order chi connectivity index (χ1) is 11.3. The number of benzene rings is 1. The molecular weight excluding hydrogens is 286 g/mol. The Hall–Kier alpha value is -2.49. The quantitative estimate of drug-likeness (QED) is 0.778. The van der Waals surface area contributed by atoms with E-state index in [0.717, 1.165) is 28.5 Å². The van der Waals surface area contributed by atoms with Crippen LogP contribution >= 0.6 is 0 Å². The molecule has 0 amide bonds. The predicted octanol–water partition coefficient (Wildman–Crippen LogP) is 4.36. The molecule has 0 spiro atoms. The van der Waals surface area contributed by atoms with E-state index >= 15 is 0 Å². The number of hydrogen-bond donors (Lipinski definition) is 1. The monoisotopic (exact) mass is 307 g/mol. The lowest BCUT2D eigenvalue weighted by atomic mass is 10.1. The van der Waals surface area contributed by atoms with E-state index in [9.17, 15) is 0 Å². The van der Waals surface area contributed by atoms with Crippen molar-refractivity contribution in [3.63, 3.8) is 0 Å². The maximum Gasteiger partial charge on any atom is 0.139 e. The zero-order valence-electron chi connectivity index (χ0n) is 13.3. The maximum absolute atomic E-state index is 5.26. The third kappa shape index (κ3) is 2.65. The van der Waals surface area contributed by atoms with Crippen LogP contribution in [-0.4, -0.2) is 22.5 Å². The van der Waals surface area contributed by atoms with E-state index in [2.05, 4.69) is 28.0 Å². The highest BCUT2D eigenvalue weighted by atomic mass is 16.5. The van der Waals surface area contributed by atoms with Gasteiger partial charge in [-0.3, -0.25) is 4.40 Å². The Kier molecular flexibility index (Phi) is 3.66. The molecule has 0 unspecified atom stereocenters. The van der Waals surface area contributed by atoms with Gasteiger partial charge in [-0.15, -0.1) is 0 Å². The highest BCUT2D eigenvalue weighted by Gasteiger charge is 2.20. The number of pyridine rings is 1. The third-order valence-corrected chi connectivity index (χ3v) is 4.59. The number of fused-ring (bicyclic) bond motifs is 1. The number of anilines is 1. The van der Waals surface area contributed by atoms with Crippen LogP contribution in [0.1, 0.15) is 25.7 Å². The summed E-state index contributed by atoms with van der Waals surface area (Å²) in [6.07, 6.45) is 7.18. The SMILES string of the molecule is COc1ccc(-c2nc3ccccn3c2NC2CCCC2)cc1. The second-order valence-electron chi connectivity index (χ2n) is 6.09. The van der Waals surface area contributed by atoms with Crippen molar-refractivity contribution in [2.75, 3.05) is 12.4 Å². The number of nitrogens with one attached hydrogen (secondary N) is 1. The summed E-state index contributed by atoms with van der Waals surface area (Å²) in [5.41, 5.74) is 3.08. The first kappa shape index (κ1) is 14.1. The largest absolute Gasteiger partial charge is 0.497 e. The summed E-state index contributed by atoms with van der Waals surface area (Å²) in [4.78, 5) is 4.84. The fraction of sp³-hybridized carbons (Fsp3) is 0.316. The molecule has 1 aliphatic carbocycles. The zero-order chi connectivity index (χ0) is 15.6. The number of aromatic nitrogens is 2. The molecule has 1 fully saturated rings. The molecule has 0 radical (unpaired) electrons. The summed E-state index contributed by atoms with van der Waals surface area (Å²) in [6, 6.07) is 14.8. The van der Waals surface area contributed by atoms with Gasteiger partial charge in [-0.1, -0.05) is 18.9 Å². The van der Waals surface area contributed by atoms with E-state index in [0.29, 0.717) is 6.04 Å².